The first-order valence-corrected chi connectivity index (χ1v) is 10.2. The van der Waals surface area contributed by atoms with Gasteiger partial charge in [0, 0.05) is 17.6 Å². The summed E-state index contributed by atoms with van der Waals surface area (Å²) in [4.78, 5) is 5.62. The molecule has 2 aliphatic heterocycles. The molecule has 0 bridgehead atoms. The predicted molar refractivity (Wildman–Crippen MR) is 97.7 cm³/mol. The number of likely N-dealkylation sites (tertiary alicyclic amines) is 2. The lowest BCUT2D eigenvalue weighted by atomic mass is 9.84. The maximum Gasteiger partial charge on any atom is 0.0154 e. The van der Waals surface area contributed by atoms with Crippen molar-refractivity contribution in [2.75, 3.05) is 26.2 Å². The van der Waals surface area contributed by atoms with Gasteiger partial charge in [-0.1, -0.05) is 0 Å². The summed E-state index contributed by atoms with van der Waals surface area (Å²) in [6, 6.07) is 0. The molecule has 0 unspecified atom stereocenters. The fourth-order valence-corrected chi connectivity index (χ4v) is 5.23. The summed E-state index contributed by atoms with van der Waals surface area (Å²) in [6.45, 7) is 15.4. The summed E-state index contributed by atoms with van der Waals surface area (Å²) in [5, 5.41) is 0. The summed E-state index contributed by atoms with van der Waals surface area (Å²) in [5.74, 6) is 0. The van der Waals surface area contributed by atoms with Gasteiger partial charge in [-0.15, -0.1) is 0 Å². The van der Waals surface area contributed by atoms with Gasteiger partial charge in [-0.25, -0.2) is 0 Å². The molecule has 0 amide bonds. The number of rotatable bonds is 5. The van der Waals surface area contributed by atoms with Crippen LogP contribution in [-0.4, -0.2) is 47.1 Å². The number of piperidine rings is 1. The van der Waals surface area contributed by atoms with E-state index in [1.165, 1.54) is 84.0 Å². The maximum atomic E-state index is 2.81. The zero-order chi connectivity index (χ0) is 16.3. The van der Waals surface area contributed by atoms with Crippen LogP contribution in [0.1, 0.15) is 85.5 Å². The van der Waals surface area contributed by atoms with Crippen molar-refractivity contribution in [3.8, 4) is 0 Å². The van der Waals surface area contributed by atoms with Crippen LogP contribution < -0.4 is 0 Å². The molecule has 0 aromatic carbocycles. The van der Waals surface area contributed by atoms with Crippen LogP contribution in [0.5, 0.6) is 0 Å². The first kappa shape index (κ1) is 16.4. The SMILES string of the molecule is CC(C)(CCC(C)(C)N1CCC2(CC2)C1)N1CCC2(CC1)CC2. The lowest BCUT2D eigenvalue weighted by molar-refractivity contribution is 0.0435. The molecule has 4 rings (SSSR count). The molecule has 0 N–H and O–H groups in total. The molecule has 0 radical (unpaired) electrons. The average Bonchev–Trinajstić information content (AvgIpc) is 3.38. The van der Waals surface area contributed by atoms with Gasteiger partial charge < -0.3 is 0 Å². The molecule has 4 aliphatic rings. The molecule has 2 saturated carbocycles. The standard InChI is InChI=1S/C21H38N2/c1-18(2,22-14-11-20(7-8-20)12-15-22)5-6-19(3,4)23-16-13-21(17-23)9-10-21/h5-17H2,1-4H3. The Bertz CT molecular complexity index is 446. The van der Waals surface area contributed by atoms with E-state index in [0.717, 1.165) is 10.8 Å². The zero-order valence-corrected chi connectivity index (χ0v) is 16.1. The van der Waals surface area contributed by atoms with Crippen LogP contribution in [0.4, 0.5) is 0 Å². The zero-order valence-electron chi connectivity index (χ0n) is 16.1. The van der Waals surface area contributed by atoms with E-state index in [1.54, 1.807) is 0 Å². The van der Waals surface area contributed by atoms with Gasteiger partial charge in [-0.2, -0.15) is 0 Å². The molecular formula is C21H38N2. The third kappa shape index (κ3) is 3.23. The van der Waals surface area contributed by atoms with E-state index < -0.39 is 0 Å². The first-order chi connectivity index (χ1) is 10.7. The van der Waals surface area contributed by atoms with Gasteiger partial charge in [0.25, 0.3) is 0 Å². The average molecular weight is 319 g/mol. The van der Waals surface area contributed by atoms with Crippen molar-refractivity contribution in [2.45, 2.75) is 96.6 Å². The Morgan fingerprint density at radius 2 is 1.04 bits per heavy atom. The predicted octanol–water partition coefficient (Wildman–Crippen LogP) is 4.69. The molecule has 2 heteroatoms. The Hall–Kier alpha value is -0.0800. The second-order valence-electron chi connectivity index (χ2n) is 10.8. The van der Waals surface area contributed by atoms with E-state index in [-0.39, 0.29) is 0 Å². The molecule has 2 saturated heterocycles. The molecule has 132 valence electrons. The molecule has 4 fully saturated rings. The van der Waals surface area contributed by atoms with Crippen LogP contribution in [0.25, 0.3) is 0 Å². The van der Waals surface area contributed by atoms with Crippen molar-refractivity contribution in [1.29, 1.82) is 0 Å². The van der Waals surface area contributed by atoms with E-state index in [4.69, 9.17) is 0 Å². The minimum Gasteiger partial charge on any atom is -0.298 e. The molecule has 0 atom stereocenters. The minimum absolute atomic E-state index is 0.380. The highest BCUT2D eigenvalue weighted by Gasteiger charge is 2.50. The second kappa shape index (κ2) is 5.21. The quantitative estimate of drug-likeness (QED) is 0.726. The van der Waals surface area contributed by atoms with E-state index in [2.05, 4.69) is 37.5 Å². The van der Waals surface area contributed by atoms with Crippen LogP contribution in [0, 0.1) is 10.8 Å². The molecule has 23 heavy (non-hydrogen) atoms. The monoisotopic (exact) mass is 318 g/mol. The highest BCUT2D eigenvalue weighted by Crippen LogP contribution is 2.55. The number of hydrogen-bond donors (Lipinski definition) is 0. The third-order valence-electron chi connectivity index (χ3n) is 8.24. The Morgan fingerprint density at radius 1 is 0.609 bits per heavy atom. The summed E-state index contributed by atoms with van der Waals surface area (Å²) < 4.78 is 0. The summed E-state index contributed by atoms with van der Waals surface area (Å²) in [7, 11) is 0. The smallest absolute Gasteiger partial charge is 0.0154 e. The van der Waals surface area contributed by atoms with Crippen molar-refractivity contribution in [3.05, 3.63) is 0 Å². The lowest BCUT2D eigenvalue weighted by Gasteiger charge is -2.45. The van der Waals surface area contributed by atoms with Crippen molar-refractivity contribution >= 4 is 0 Å². The van der Waals surface area contributed by atoms with Gasteiger partial charge in [-0.3, -0.25) is 9.80 Å². The normalized spacial score (nSPS) is 30.3. The van der Waals surface area contributed by atoms with Crippen LogP contribution >= 0.6 is 0 Å². The summed E-state index contributed by atoms with van der Waals surface area (Å²) >= 11 is 0. The Kier molecular flexibility index (Phi) is 3.71. The molecular weight excluding hydrogens is 280 g/mol. The molecule has 2 heterocycles. The van der Waals surface area contributed by atoms with Gasteiger partial charge in [0.1, 0.15) is 0 Å². The Morgan fingerprint density at radius 3 is 1.52 bits per heavy atom. The molecule has 0 aromatic rings. The van der Waals surface area contributed by atoms with Crippen molar-refractivity contribution in [1.82, 2.24) is 9.80 Å². The van der Waals surface area contributed by atoms with Crippen molar-refractivity contribution in [3.63, 3.8) is 0 Å². The van der Waals surface area contributed by atoms with Gasteiger partial charge >= 0.3 is 0 Å². The van der Waals surface area contributed by atoms with Gasteiger partial charge in [0.2, 0.25) is 0 Å². The van der Waals surface area contributed by atoms with Crippen LogP contribution in [-0.2, 0) is 0 Å². The number of nitrogens with zero attached hydrogens (tertiary/aromatic N) is 2. The second-order valence-corrected chi connectivity index (χ2v) is 10.8. The fraction of sp³-hybridized carbons (Fsp3) is 1.00. The molecule has 2 spiro atoms. The maximum absolute atomic E-state index is 2.81. The van der Waals surface area contributed by atoms with Crippen molar-refractivity contribution < 1.29 is 0 Å². The van der Waals surface area contributed by atoms with Crippen molar-refractivity contribution in [2.24, 2.45) is 10.8 Å². The topological polar surface area (TPSA) is 6.48 Å². The van der Waals surface area contributed by atoms with E-state index >= 15 is 0 Å². The largest absolute Gasteiger partial charge is 0.298 e. The minimum atomic E-state index is 0.380. The molecule has 2 nitrogen and oxygen atoms in total. The Labute approximate surface area is 144 Å². The summed E-state index contributed by atoms with van der Waals surface area (Å²) in [5.41, 5.74) is 2.33. The van der Waals surface area contributed by atoms with E-state index in [9.17, 15) is 0 Å². The molecule has 2 aliphatic carbocycles. The first-order valence-electron chi connectivity index (χ1n) is 10.2. The fourth-order valence-electron chi connectivity index (χ4n) is 5.23. The van der Waals surface area contributed by atoms with Gasteiger partial charge in [0.05, 0.1) is 0 Å². The van der Waals surface area contributed by atoms with Gasteiger partial charge in [0.15, 0.2) is 0 Å². The Balaban J connectivity index is 1.30. The van der Waals surface area contributed by atoms with E-state index in [1.807, 2.05) is 0 Å². The van der Waals surface area contributed by atoms with Crippen LogP contribution in [0.15, 0.2) is 0 Å². The number of hydrogen-bond acceptors (Lipinski definition) is 2. The highest BCUT2D eigenvalue weighted by atomic mass is 15.2. The highest BCUT2D eigenvalue weighted by molar-refractivity contribution is 5.04. The summed E-state index contributed by atoms with van der Waals surface area (Å²) in [6.07, 6.45) is 13.1. The third-order valence-corrected chi connectivity index (χ3v) is 8.24. The molecule has 0 aromatic heterocycles. The lowest BCUT2D eigenvalue weighted by Crippen LogP contribution is -2.50. The van der Waals surface area contributed by atoms with Crippen LogP contribution in [0.2, 0.25) is 0 Å². The van der Waals surface area contributed by atoms with Gasteiger partial charge in [-0.05, 0) is 116 Å². The van der Waals surface area contributed by atoms with E-state index in [0.29, 0.717) is 11.1 Å². The van der Waals surface area contributed by atoms with Crippen LogP contribution in [0.3, 0.4) is 0 Å².